The van der Waals surface area contributed by atoms with E-state index >= 15 is 0 Å². The van der Waals surface area contributed by atoms with Gasteiger partial charge in [0.15, 0.2) is 8.38 Å². The first-order valence-corrected chi connectivity index (χ1v) is 3.78. The summed E-state index contributed by atoms with van der Waals surface area (Å²) < 4.78 is 0. The molecule has 0 spiro atoms. The molecule has 0 heterocycles. The largest absolute Gasteiger partial charge is 0.347 e. The fourth-order valence-electron chi connectivity index (χ4n) is 0.561. The van der Waals surface area contributed by atoms with Crippen LogP contribution in [0.5, 0.6) is 0 Å². The molecule has 0 aliphatic heterocycles. The summed E-state index contributed by atoms with van der Waals surface area (Å²) in [5, 5.41) is 0.590. The first-order chi connectivity index (χ1) is 4.30. The Hall–Kier alpha value is -0.430. The molecular weight excluding hydrogens is 135 g/mol. The van der Waals surface area contributed by atoms with Crippen LogP contribution >= 0.6 is 8.38 Å². The molecule has 0 aliphatic rings. The van der Waals surface area contributed by atoms with E-state index in [4.69, 9.17) is 9.79 Å². The van der Waals surface area contributed by atoms with Gasteiger partial charge in [-0.1, -0.05) is 18.2 Å². The zero-order chi connectivity index (χ0) is 6.69. The number of hydrogen-bond donors (Lipinski definition) is 2. The Morgan fingerprint density at radius 1 is 1.00 bits per heavy atom. The maximum atomic E-state index is 8.64. The van der Waals surface area contributed by atoms with Crippen LogP contribution in [-0.4, -0.2) is 9.79 Å². The Morgan fingerprint density at radius 3 is 1.89 bits per heavy atom. The monoisotopic (exact) mass is 142 g/mol. The lowest BCUT2D eigenvalue weighted by atomic mass is 10.4. The van der Waals surface area contributed by atoms with Gasteiger partial charge in [0.2, 0.25) is 0 Å². The van der Waals surface area contributed by atoms with Crippen molar-refractivity contribution < 1.29 is 9.79 Å². The van der Waals surface area contributed by atoms with Crippen LogP contribution in [0.3, 0.4) is 0 Å². The normalized spacial score (nSPS) is 10.1. The highest BCUT2D eigenvalue weighted by atomic mass is 31.2. The second kappa shape index (κ2) is 2.92. The highest BCUT2D eigenvalue weighted by Gasteiger charge is 1.98. The van der Waals surface area contributed by atoms with Crippen molar-refractivity contribution in [2.45, 2.75) is 0 Å². The summed E-state index contributed by atoms with van der Waals surface area (Å²) in [5.41, 5.74) is 0. The van der Waals surface area contributed by atoms with Crippen molar-refractivity contribution in [3.05, 3.63) is 30.3 Å². The van der Waals surface area contributed by atoms with Crippen molar-refractivity contribution >= 4 is 13.7 Å². The van der Waals surface area contributed by atoms with Crippen LogP contribution in [-0.2, 0) is 0 Å². The summed E-state index contributed by atoms with van der Waals surface area (Å²) in [4.78, 5) is 17.3. The molecule has 0 aliphatic carbocycles. The molecule has 0 saturated carbocycles. The standard InChI is InChI=1S/C6H7O2P/c7-9(8)6-4-2-1-3-5-6/h1-5,7-8H. The number of rotatable bonds is 1. The molecule has 48 valence electrons. The van der Waals surface area contributed by atoms with Gasteiger partial charge in [0, 0.05) is 5.30 Å². The zero-order valence-corrected chi connectivity index (χ0v) is 5.62. The van der Waals surface area contributed by atoms with Gasteiger partial charge >= 0.3 is 0 Å². The van der Waals surface area contributed by atoms with Gasteiger partial charge in [-0.15, -0.1) is 0 Å². The van der Waals surface area contributed by atoms with E-state index in [-0.39, 0.29) is 0 Å². The second-order valence-corrected chi connectivity index (χ2v) is 2.72. The van der Waals surface area contributed by atoms with Crippen molar-refractivity contribution in [1.29, 1.82) is 0 Å². The molecule has 0 amide bonds. The van der Waals surface area contributed by atoms with Gasteiger partial charge in [0.25, 0.3) is 0 Å². The lowest BCUT2D eigenvalue weighted by Gasteiger charge is -1.98. The summed E-state index contributed by atoms with van der Waals surface area (Å²) in [5.74, 6) is 0. The third-order valence-corrected chi connectivity index (χ3v) is 1.75. The van der Waals surface area contributed by atoms with Crippen LogP contribution in [0, 0.1) is 0 Å². The van der Waals surface area contributed by atoms with E-state index in [0.29, 0.717) is 5.30 Å². The minimum absolute atomic E-state index is 0.590. The smallest absolute Gasteiger partial charge is 0.199 e. The van der Waals surface area contributed by atoms with Gasteiger partial charge in [-0.25, -0.2) is 0 Å². The SMILES string of the molecule is OP(O)c1ccccc1. The quantitative estimate of drug-likeness (QED) is 0.564. The van der Waals surface area contributed by atoms with Gasteiger partial charge < -0.3 is 9.79 Å². The predicted molar refractivity (Wildman–Crippen MR) is 37.4 cm³/mol. The van der Waals surface area contributed by atoms with Crippen molar-refractivity contribution in [1.82, 2.24) is 0 Å². The molecule has 3 heteroatoms. The van der Waals surface area contributed by atoms with Gasteiger partial charge in [-0.05, 0) is 12.1 Å². The Balaban J connectivity index is 2.85. The van der Waals surface area contributed by atoms with Crippen molar-refractivity contribution in [2.24, 2.45) is 0 Å². The van der Waals surface area contributed by atoms with E-state index < -0.39 is 8.38 Å². The summed E-state index contributed by atoms with van der Waals surface area (Å²) >= 11 is 0. The van der Waals surface area contributed by atoms with Crippen molar-refractivity contribution in [2.75, 3.05) is 0 Å². The van der Waals surface area contributed by atoms with E-state index in [1.807, 2.05) is 6.07 Å². The molecule has 0 unspecified atom stereocenters. The second-order valence-electron chi connectivity index (χ2n) is 1.62. The Bertz CT molecular complexity index is 174. The van der Waals surface area contributed by atoms with Gasteiger partial charge in [0.05, 0.1) is 0 Å². The zero-order valence-electron chi connectivity index (χ0n) is 4.73. The Kier molecular flexibility index (Phi) is 2.17. The maximum absolute atomic E-state index is 8.64. The third kappa shape index (κ3) is 1.75. The molecule has 0 bridgehead atoms. The van der Waals surface area contributed by atoms with Crippen molar-refractivity contribution in [3.8, 4) is 0 Å². The highest BCUT2D eigenvalue weighted by Crippen LogP contribution is 2.20. The maximum Gasteiger partial charge on any atom is 0.199 e. The topological polar surface area (TPSA) is 40.5 Å². The average Bonchev–Trinajstić information content (AvgIpc) is 1.90. The van der Waals surface area contributed by atoms with Gasteiger partial charge in [-0.2, -0.15) is 0 Å². The molecule has 2 N–H and O–H groups in total. The van der Waals surface area contributed by atoms with E-state index in [1.54, 1.807) is 24.3 Å². The Morgan fingerprint density at radius 2 is 1.56 bits per heavy atom. The fourth-order valence-corrected chi connectivity index (χ4v) is 1.00. The molecule has 0 radical (unpaired) electrons. The molecule has 1 aromatic rings. The van der Waals surface area contributed by atoms with E-state index in [0.717, 1.165) is 0 Å². The molecule has 9 heavy (non-hydrogen) atoms. The van der Waals surface area contributed by atoms with Crippen LogP contribution in [0.1, 0.15) is 0 Å². The lowest BCUT2D eigenvalue weighted by Crippen LogP contribution is -1.96. The molecule has 1 rings (SSSR count). The predicted octanol–water partition coefficient (Wildman–Crippen LogP) is 0.608. The van der Waals surface area contributed by atoms with Gasteiger partial charge in [0.1, 0.15) is 0 Å². The minimum atomic E-state index is -1.90. The van der Waals surface area contributed by atoms with Crippen LogP contribution in [0.4, 0.5) is 0 Å². The highest BCUT2D eigenvalue weighted by molar-refractivity contribution is 7.53. The first kappa shape index (κ1) is 6.69. The van der Waals surface area contributed by atoms with Gasteiger partial charge in [-0.3, -0.25) is 0 Å². The molecular formula is C6H7O2P. The van der Waals surface area contributed by atoms with Crippen LogP contribution < -0.4 is 5.30 Å². The van der Waals surface area contributed by atoms with E-state index in [2.05, 4.69) is 0 Å². The summed E-state index contributed by atoms with van der Waals surface area (Å²) in [6.45, 7) is 0. The van der Waals surface area contributed by atoms with E-state index in [1.165, 1.54) is 0 Å². The molecule has 0 saturated heterocycles. The average molecular weight is 142 g/mol. The summed E-state index contributed by atoms with van der Waals surface area (Å²) in [6, 6.07) is 8.76. The molecule has 0 fully saturated rings. The lowest BCUT2D eigenvalue weighted by molar-refractivity contribution is 0.497. The van der Waals surface area contributed by atoms with Crippen molar-refractivity contribution in [3.63, 3.8) is 0 Å². The fraction of sp³-hybridized carbons (Fsp3) is 0. The molecule has 0 atom stereocenters. The molecule has 1 aromatic carbocycles. The van der Waals surface area contributed by atoms with Crippen LogP contribution in [0.25, 0.3) is 0 Å². The third-order valence-electron chi connectivity index (χ3n) is 0.987. The molecule has 0 aromatic heterocycles. The minimum Gasteiger partial charge on any atom is -0.347 e. The molecule has 2 nitrogen and oxygen atoms in total. The Labute approximate surface area is 54.7 Å². The summed E-state index contributed by atoms with van der Waals surface area (Å²) in [7, 11) is -1.90. The first-order valence-electron chi connectivity index (χ1n) is 2.53. The van der Waals surface area contributed by atoms with Crippen LogP contribution in [0.15, 0.2) is 30.3 Å². The van der Waals surface area contributed by atoms with E-state index in [9.17, 15) is 0 Å². The number of benzene rings is 1. The number of hydrogen-bond acceptors (Lipinski definition) is 2. The van der Waals surface area contributed by atoms with Crippen LogP contribution in [0.2, 0.25) is 0 Å². The summed E-state index contributed by atoms with van der Waals surface area (Å²) in [6.07, 6.45) is 0.